The number of nitrogens with one attached hydrogen (secondary N) is 2. The number of nitrogen functional groups attached to an aromatic ring is 1. The molecule has 1 heterocycles. The van der Waals surface area contributed by atoms with Crippen LogP contribution < -0.4 is 5.73 Å². The second-order valence-electron chi connectivity index (χ2n) is 1.90. The number of aromatic nitrogens is 2. The Balaban J connectivity index is 3.15. The Morgan fingerprint density at radius 1 is 1.80 bits per heavy atom. The highest BCUT2D eigenvalue weighted by Gasteiger charge is 2.06. The Kier molecular flexibility index (Phi) is 1.63. The fraction of sp³-hybridized carbons (Fsp3) is 0.200. The SMILES string of the molecule is Cc1nc(N)c(C(=N)Cl)[nH]1. The van der Waals surface area contributed by atoms with Crippen LogP contribution in [-0.2, 0) is 0 Å². The first-order chi connectivity index (χ1) is 4.61. The van der Waals surface area contributed by atoms with E-state index in [9.17, 15) is 0 Å². The Hall–Kier alpha value is -1.03. The molecular weight excluding hydrogens is 152 g/mol. The van der Waals surface area contributed by atoms with E-state index in [1.54, 1.807) is 6.92 Å². The smallest absolute Gasteiger partial charge is 0.152 e. The summed E-state index contributed by atoms with van der Waals surface area (Å²) >= 11 is 5.35. The zero-order valence-corrected chi connectivity index (χ0v) is 6.16. The summed E-state index contributed by atoms with van der Waals surface area (Å²) in [5.41, 5.74) is 5.76. The van der Waals surface area contributed by atoms with Crippen molar-refractivity contribution in [3.63, 3.8) is 0 Å². The van der Waals surface area contributed by atoms with Gasteiger partial charge in [-0.2, -0.15) is 0 Å². The van der Waals surface area contributed by atoms with Crippen LogP contribution in [0.5, 0.6) is 0 Å². The van der Waals surface area contributed by atoms with Crippen LogP contribution in [0.4, 0.5) is 5.82 Å². The molecule has 54 valence electrons. The van der Waals surface area contributed by atoms with E-state index in [0.29, 0.717) is 11.5 Å². The van der Waals surface area contributed by atoms with Crippen LogP contribution in [-0.4, -0.2) is 15.1 Å². The summed E-state index contributed by atoms with van der Waals surface area (Å²) in [6.07, 6.45) is 0. The van der Waals surface area contributed by atoms with Crippen molar-refractivity contribution in [3.8, 4) is 0 Å². The van der Waals surface area contributed by atoms with Gasteiger partial charge in [0.05, 0.1) is 0 Å². The van der Waals surface area contributed by atoms with Crippen LogP contribution in [0.1, 0.15) is 11.5 Å². The molecule has 0 spiro atoms. The first-order valence-electron chi connectivity index (χ1n) is 2.67. The van der Waals surface area contributed by atoms with Gasteiger partial charge >= 0.3 is 0 Å². The Labute approximate surface area is 62.9 Å². The fourth-order valence-corrected chi connectivity index (χ4v) is 0.821. The van der Waals surface area contributed by atoms with E-state index in [1.165, 1.54) is 0 Å². The largest absolute Gasteiger partial charge is 0.382 e. The molecule has 0 atom stereocenters. The minimum absolute atomic E-state index is 0.113. The zero-order valence-electron chi connectivity index (χ0n) is 5.40. The van der Waals surface area contributed by atoms with E-state index in [1.807, 2.05) is 0 Å². The van der Waals surface area contributed by atoms with E-state index in [2.05, 4.69) is 9.97 Å². The highest BCUT2D eigenvalue weighted by atomic mass is 35.5. The molecule has 10 heavy (non-hydrogen) atoms. The highest BCUT2D eigenvalue weighted by molar-refractivity contribution is 6.68. The molecule has 0 fully saturated rings. The molecule has 0 aromatic carbocycles. The fourth-order valence-electron chi connectivity index (χ4n) is 0.677. The van der Waals surface area contributed by atoms with Crippen molar-refractivity contribution in [1.29, 1.82) is 5.41 Å². The van der Waals surface area contributed by atoms with E-state index in [4.69, 9.17) is 22.7 Å². The number of aromatic amines is 1. The third-order valence-corrected chi connectivity index (χ3v) is 1.26. The van der Waals surface area contributed by atoms with Crippen molar-refractivity contribution in [2.45, 2.75) is 6.92 Å². The van der Waals surface area contributed by atoms with Crippen molar-refractivity contribution in [2.75, 3.05) is 5.73 Å². The monoisotopic (exact) mass is 158 g/mol. The molecule has 1 rings (SSSR count). The number of nitrogens with two attached hydrogens (primary N) is 1. The average molecular weight is 159 g/mol. The summed E-state index contributed by atoms with van der Waals surface area (Å²) in [5, 5.41) is 6.89. The molecule has 0 aliphatic rings. The number of rotatable bonds is 1. The molecule has 0 unspecified atom stereocenters. The molecule has 0 saturated carbocycles. The Bertz CT molecular complexity index is 265. The molecule has 5 heteroatoms. The van der Waals surface area contributed by atoms with Gasteiger partial charge in [-0.3, -0.25) is 5.41 Å². The van der Waals surface area contributed by atoms with Crippen molar-refractivity contribution < 1.29 is 0 Å². The lowest BCUT2D eigenvalue weighted by Gasteiger charge is -1.88. The van der Waals surface area contributed by atoms with Gasteiger partial charge in [-0.05, 0) is 6.92 Å². The molecule has 0 aliphatic carbocycles. The quantitative estimate of drug-likeness (QED) is 0.530. The molecule has 0 radical (unpaired) electrons. The molecule has 1 aromatic heterocycles. The number of hydrogen-bond acceptors (Lipinski definition) is 3. The predicted molar refractivity (Wildman–Crippen MR) is 40.4 cm³/mol. The average Bonchev–Trinajstić information content (AvgIpc) is 2.10. The van der Waals surface area contributed by atoms with Crippen molar-refractivity contribution >= 4 is 22.6 Å². The summed E-state index contributed by atoms with van der Waals surface area (Å²) in [6.45, 7) is 1.75. The first kappa shape index (κ1) is 7.08. The molecule has 0 aliphatic heterocycles. The number of halogens is 1. The van der Waals surface area contributed by atoms with Crippen LogP contribution >= 0.6 is 11.6 Å². The first-order valence-corrected chi connectivity index (χ1v) is 3.05. The molecule has 4 N–H and O–H groups in total. The molecule has 0 saturated heterocycles. The number of nitrogens with zero attached hydrogens (tertiary/aromatic N) is 1. The minimum atomic E-state index is -0.113. The summed E-state index contributed by atoms with van der Waals surface area (Å²) in [7, 11) is 0. The summed E-state index contributed by atoms with van der Waals surface area (Å²) in [6, 6.07) is 0. The number of aryl methyl sites for hydroxylation is 1. The molecular formula is C5H7ClN4. The van der Waals surface area contributed by atoms with Gasteiger partial charge in [0.15, 0.2) is 5.82 Å². The van der Waals surface area contributed by atoms with E-state index < -0.39 is 0 Å². The van der Waals surface area contributed by atoms with Gasteiger partial charge in [0.2, 0.25) is 0 Å². The van der Waals surface area contributed by atoms with Crippen LogP contribution in [0.3, 0.4) is 0 Å². The van der Waals surface area contributed by atoms with Gasteiger partial charge in [0, 0.05) is 0 Å². The summed E-state index contributed by atoms with van der Waals surface area (Å²) in [5.74, 6) is 0.940. The number of hydrogen-bond donors (Lipinski definition) is 3. The van der Waals surface area contributed by atoms with E-state index >= 15 is 0 Å². The standard InChI is InChI=1S/C5H7ClN4/c1-2-9-3(4(6)7)5(8)10-2/h7H,8H2,1H3,(H,9,10). The third kappa shape index (κ3) is 1.11. The maximum Gasteiger partial charge on any atom is 0.152 e. The Morgan fingerprint density at radius 3 is 2.60 bits per heavy atom. The summed E-state index contributed by atoms with van der Waals surface area (Å²) in [4.78, 5) is 6.58. The van der Waals surface area contributed by atoms with Crippen molar-refractivity contribution in [2.24, 2.45) is 0 Å². The maximum absolute atomic E-state index is 7.00. The normalized spacial score (nSPS) is 9.80. The molecule has 4 nitrogen and oxygen atoms in total. The minimum Gasteiger partial charge on any atom is -0.382 e. The molecule has 0 amide bonds. The van der Waals surface area contributed by atoms with Crippen LogP contribution in [0, 0.1) is 12.3 Å². The highest BCUT2D eigenvalue weighted by Crippen LogP contribution is 2.09. The van der Waals surface area contributed by atoms with Gasteiger partial charge in [0.25, 0.3) is 0 Å². The second-order valence-corrected chi connectivity index (χ2v) is 2.27. The van der Waals surface area contributed by atoms with Crippen LogP contribution in [0.25, 0.3) is 0 Å². The van der Waals surface area contributed by atoms with Gasteiger partial charge in [0.1, 0.15) is 16.7 Å². The number of H-pyrrole nitrogens is 1. The van der Waals surface area contributed by atoms with Gasteiger partial charge in [-0.1, -0.05) is 11.6 Å². The topological polar surface area (TPSA) is 78.5 Å². The third-order valence-electron chi connectivity index (χ3n) is 1.07. The van der Waals surface area contributed by atoms with Crippen molar-refractivity contribution in [1.82, 2.24) is 9.97 Å². The van der Waals surface area contributed by atoms with E-state index in [0.717, 1.165) is 0 Å². The zero-order chi connectivity index (χ0) is 7.72. The number of anilines is 1. The lowest BCUT2D eigenvalue weighted by molar-refractivity contribution is 1.15. The van der Waals surface area contributed by atoms with Gasteiger partial charge < -0.3 is 10.7 Å². The maximum atomic E-state index is 7.00. The second kappa shape index (κ2) is 2.30. The van der Waals surface area contributed by atoms with E-state index in [-0.39, 0.29) is 11.0 Å². The van der Waals surface area contributed by atoms with Gasteiger partial charge in [-0.15, -0.1) is 0 Å². The Morgan fingerprint density at radius 2 is 2.40 bits per heavy atom. The van der Waals surface area contributed by atoms with Crippen LogP contribution in [0.15, 0.2) is 0 Å². The predicted octanol–water partition coefficient (Wildman–Crippen LogP) is 0.864. The number of imidazole rings is 1. The van der Waals surface area contributed by atoms with Crippen molar-refractivity contribution in [3.05, 3.63) is 11.5 Å². The lowest BCUT2D eigenvalue weighted by atomic mass is 10.5. The summed E-state index contributed by atoms with van der Waals surface area (Å²) < 4.78 is 0. The van der Waals surface area contributed by atoms with Crippen LogP contribution in [0.2, 0.25) is 0 Å². The molecule has 0 bridgehead atoms. The molecule has 1 aromatic rings. The lowest BCUT2D eigenvalue weighted by Crippen LogP contribution is -1.95. The van der Waals surface area contributed by atoms with Gasteiger partial charge in [-0.25, -0.2) is 4.98 Å².